The molecule has 0 aliphatic carbocycles. The lowest BCUT2D eigenvalue weighted by molar-refractivity contribution is -0.0229. The molecule has 1 aromatic carbocycles. The summed E-state index contributed by atoms with van der Waals surface area (Å²) in [4.78, 5) is 0. The number of aliphatic hydroxyl groups is 2. The fraction of sp³-hybridized carbons (Fsp3) is 0.625. The number of aliphatic hydroxyl groups excluding tert-OH is 2. The van der Waals surface area contributed by atoms with Gasteiger partial charge in [0.1, 0.15) is 5.75 Å². The van der Waals surface area contributed by atoms with E-state index >= 15 is 0 Å². The van der Waals surface area contributed by atoms with Crippen molar-refractivity contribution in [2.24, 2.45) is 5.92 Å². The van der Waals surface area contributed by atoms with Gasteiger partial charge in [-0.1, -0.05) is 38.8 Å². The molecule has 0 amide bonds. The van der Waals surface area contributed by atoms with Gasteiger partial charge in [-0.25, -0.2) is 0 Å². The largest absolute Gasteiger partial charge is 0.497 e. The van der Waals surface area contributed by atoms with Gasteiger partial charge < -0.3 is 14.9 Å². The van der Waals surface area contributed by atoms with Gasteiger partial charge in [0.2, 0.25) is 0 Å². The summed E-state index contributed by atoms with van der Waals surface area (Å²) in [5, 5.41) is 20.1. The molecule has 0 fully saturated rings. The van der Waals surface area contributed by atoms with Gasteiger partial charge in [-0.05, 0) is 36.5 Å². The zero-order chi connectivity index (χ0) is 14.3. The van der Waals surface area contributed by atoms with Crippen molar-refractivity contribution in [1.82, 2.24) is 0 Å². The zero-order valence-electron chi connectivity index (χ0n) is 12.2. The van der Waals surface area contributed by atoms with Crippen molar-refractivity contribution in [2.45, 2.75) is 51.7 Å². The topological polar surface area (TPSA) is 49.7 Å². The summed E-state index contributed by atoms with van der Waals surface area (Å²) in [5.74, 6) is 1.02. The van der Waals surface area contributed by atoms with Crippen molar-refractivity contribution >= 4 is 0 Å². The standard InChI is InChI=1S/C16H26O3/c1-4-13(5-2)16(18)15(17)11-8-12-6-9-14(19-3)10-7-12/h6-7,9-10,13,15-18H,4-5,8,11H2,1-3H3. The predicted octanol–water partition coefficient (Wildman–Crippen LogP) is 2.79. The molecule has 0 spiro atoms. The molecule has 108 valence electrons. The Hall–Kier alpha value is -1.06. The highest BCUT2D eigenvalue weighted by atomic mass is 16.5. The molecular weight excluding hydrogens is 240 g/mol. The van der Waals surface area contributed by atoms with Crippen molar-refractivity contribution in [2.75, 3.05) is 7.11 Å². The molecule has 0 saturated carbocycles. The zero-order valence-corrected chi connectivity index (χ0v) is 12.2. The molecule has 19 heavy (non-hydrogen) atoms. The maximum Gasteiger partial charge on any atom is 0.118 e. The molecule has 1 rings (SSSR count). The Morgan fingerprint density at radius 1 is 1.05 bits per heavy atom. The van der Waals surface area contributed by atoms with Crippen molar-refractivity contribution in [3.63, 3.8) is 0 Å². The third-order valence-corrected chi connectivity index (χ3v) is 3.81. The van der Waals surface area contributed by atoms with Crippen LogP contribution in [0.1, 0.15) is 38.7 Å². The van der Waals surface area contributed by atoms with Gasteiger partial charge in [0, 0.05) is 0 Å². The highest BCUT2D eigenvalue weighted by Crippen LogP contribution is 2.19. The molecule has 0 radical (unpaired) electrons. The molecule has 2 unspecified atom stereocenters. The fourth-order valence-electron chi connectivity index (χ4n) is 2.36. The molecule has 0 aromatic heterocycles. The summed E-state index contributed by atoms with van der Waals surface area (Å²) in [6, 6.07) is 7.82. The van der Waals surface area contributed by atoms with Crippen molar-refractivity contribution in [3.8, 4) is 5.75 Å². The van der Waals surface area contributed by atoms with Crippen LogP contribution in [0.15, 0.2) is 24.3 Å². The summed E-state index contributed by atoms with van der Waals surface area (Å²) < 4.78 is 5.10. The molecule has 1 aromatic rings. The highest BCUT2D eigenvalue weighted by Gasteiger charge is 2.23. The summed E-state index contributed by atoms with van der Waals surface area (Å²) in [7, 11) is 1.64. The van der Waals surface area contributed by atoms with Crippen LogP contribution in [0.2, 0.25) is 0 Å². The average Bonchev–Trinajstić information content (AvgIpc) is 2.46. The van der Waals surface area contributed by atoms with Gasteiger partial charge in [0.15, 0.2) is 0 Å². The minimum atomic E-state index is -0.646. The molecule has 2 N–H and O–H groups in total. The Morgan fingerprint density at radius 2 is 1.63 bits per heavy atom. The smallest absolute Gasteiger partial charge is 0.118 e. The van der Waals surface area contributed by atoms with Crippen LogP contribution in [0.4, 0.5) is 0 Å². The van der Waals surface area contributed by atoms with E-state index in [2.05, 4.69) is 0 Å². The maximum atomic E-state index is 10.1. The first-order valence-electron chi connectivity index (χ1n) is 7.11. The number of ether oxygens (including phenoxy) is 1. The van der Waals surface area contributed by atoms with Crippen LogP contribution in [0.5, 0.6) is 5.75 Å². The van der Waals surface area contributed by atoms with Crippen molar-refractivity contribution in [1.29, 1.82) is 0 Å². The Labute approximate surface area is 116 Å². The summed E-state index contributed by atoms with van der Waals surface area (Å²) >= 11 is 0. The van der Waals surface area contributed by atoms with Gasteiger partial charge in [-0.15, -0.1) is 0 Å². The average molecular weight is 266 g/mol. The van der Waals surface area contributed by atoms with E-state index in [4.69, 9.17) is 4.74 Å². The van der Waals surface area contributed by atoms with Crippen LogP contribution >= 0.6 is 0 Å². The normalized spacial score (nSPS) is 14.4. The number of benzene rings is 1. The first kappa shape index (κ1) is 16.0. The van der Waals surface area contributed by atoms with Crippen LogP contribution in [-0.2, 0) is 6.42 Å². The van der Waals surface area contributed by atoms with E-state index < -0.39 is 12.2 Å². The number of rotatable bonds is 8. The van der Waals surface area contributed by atoms with E-state index in [-0.39, 0.29) is 5.92 Å². The van der Waals surface area contributed by atoms with Crippen LogP contribution < -0.4 is 4.74 Å². The third kappa shape index (κ3) is 4.84. The second-order valence-corrected chi connectivity index (χ2v) is 5.02. The molecule has 3 heteroatoms. The van der Waals surface area contributed by atoms with E-state index in [0.29, 0.717) is 6.42 Å². The van der Waals surface area contributed by atoms with E-state index in [0.717, 1.165) is 30.6 Å². The van der Waals surface area contributed by atoms with Gasteiger partial charge in [0.25, 0.3) is 0 Å². The lowest BCUT2D eigenvalue weighted by Gasteiger charge is -2.25. The molecule has 0 aliphatic rings. The molecule has 0 aliphatic heterocycles. The minimum absolute atomic E-state index is 0.186. The van der Waals surface area contributed by atoms with Gasteiger partial charge in [-0.3, -0.25) is 0 Å². The Bertz CT molecular complexity index is 344. The first-order chi connectivity index (χ1) is 9.12. The van der Waals surface area contributed by atoms with Crippen molar-refractivity contribution in [3.05, 3.63) is 29.8 Å². The Kier molecular flexibility index (Phi) is 6.89. The predicted molar refractivity (Wildman–Crippen MR) is 77.4 cm³/mol. The molecular formula is C16H26O3. The van der Waals surface area contributed by atoms with E-state index in [9.17, 15) is 10.2 Å². The second-order valence-electron chi connectivity index (χ2n) is 5.02. The molecule has 2 atom stereocenters. The second kappa shape index (κ2) is 8.18. The van der Waals surface area contributed by atoms with Gasteiger partial charge in [-0.2, -0.15) is 0 Å². The monoisotopic (exact) mass is 266 g/mol. The number of methoxy groups -OCH3 is 1. The van der Waals surface area contributed by atoms with Gasteiger partial charge >= 0.3 is 0 Å². The number of hydrogen-bond donors (Lipinski definition) is 2. The maximum absolute atomic E-state index is 10.1. The quantitative estimate of drug-likeness (QED) is 0.760. The SMILES string of the molecule is CCC(CC)C(O)C(O)CCc1ccc(OC)cc1. The molecule has 0 bridgehead atoms. The third-order valence-electron chi connectivity index (χ3n) is 3.81. The van der Waals surface area contributed by atoms with Crippen LogP contribution in [0, 0.1) is 5.92 Å². The number of aryl methyl sites for hydroxylation is 1. The first-order valence-corrected chi connectivity index (χ1v) is 7.11. The van der Waals surface area contributed by atoms with Crippen LogP contribution in [-0.4, -0.2) is 29.5 Å². The van der Waals surface area contributed by atoms with Crippen LogP contribution in [0.25, 0.3) is 0 Å². The van der Waals surface area contributed by atoms with Crippen LogP contribution in [0.3, 0.4) is 0 Å². The molecule has 0 saturated heterocycles. The molecule has 3 nitrogen and oxygen atoms in total. The molecule has 0 heterocycles. The van der Waals surface area contributed by atoms with Crippen molar-refractivity contribution < 1.29 is 14.9 Å². The summed E-state index contributed by atoms with van der Waals surface area (Å²) in [6.07, 6.45) is 1.89. The van der Waals surface area contributed by atoms with Gasteiger partial charge in [0.05, 0.1) is 19.3 Å². The Morgan fingerprint density at radius 3 is 2.11 bits per heavy atom. The Balaban J connectivity index is 2.46. The number of hydrogen-bond acceptors (Lipinski definition) is 3. The minimum Gasteiger partial charge on any atom is -0.497 e. The lowest BCUT2D eigenvalue weighted by Crippen LogP contribution is -2.33. The van der Waals surface area contributed by atoms with E-state index in [1.807, 2.05) is 38.1 Å². The fourth-order valence-corrected chi connectivity index (χ4v) is 2.36. The van der Waals surface area contributed by atoms with E-state index in [1.165, 1.54) is 0 Å². The summed E-state index contributed by atoms with van der Waals surface area (Å²) in [6.45, 7) is 4.10. The summed E-state index contributed by atoms with van der Waals surface area (Å²) in [5.41, 5.74) is 1.15. The highest BCUT2D eigenvalue weighted by molar-refractivity contribution is 5.27. The van der Waals surface area contributed by atoms with E-state index in [1.54, 1.807) is 7.11 Å². The lowest BCUT2D eigenvalue weighted by atomic mass is 9.90.